The molecule has 0 bridgehead atoms. The van der Waals surface area contributed by atoms with E-state index in [2.05, 4.69) is 21.2 Å². The predicted octanol–water partition coefficient (Wildman–Crippen LogP) is 3.23. The van der Waals surface area contributed by atoms with Crippen LogP contribution in [0.3, 0.4) is 0 Å². The second kappa shape index (κ2) is 5.05. The summed E-state index contributed by atoms with van der Waals surface area (Å²) in [6, 6.07) is 8.71. The van der Waals surface area contributed by atoms with Crippen LogP contribution in [0.5, 0.6) is 0 Å². The third-order valence-corrected chi connectivity index (χ3v) is 5.02. The van der Waals surface area contributed by atoms with Crippen molar-refractivity contribution in [1.29, 1.82) is 0 Å². The number of aliphatic hydroxyl groups is 1. The number of benzene rings is 1. The Morgan fingerprint density at radius 3 is 2.81 bits per heavy atom. The van der Waals surface area contributed by atoms with Gasteiger partial charge in [-0.05, 0) is 37.3 Å². The summed E-state index contributed by atoms with van der Waals surface area (Å²) in [5.74, 6) is -0.796. The molecule has 0 aliphatic carbocycles. The van der Waals surface area contributed by atoms with Crippen LogP contribution in [0.25, 0.3) is 0 Å². The minimum atomic E-state index is -1.81. The molecule has 0 spiro atoms. The summed E-state index contributed by atoms with van der Waals surface area (Å²) in [7, 11) is 0. The summed E-state index contributed by atoms with van der Waals surface area (Å²) in [6.07, 6.45) is -0.262. The highest BCUT2D eigenvalue weighted by molar-refractivity contribution is 9.10. The van der Waals surface area contributed by atoms with E-state index in [1.807, 2.05) is 13.0 Å². The van der Waals surface area contributed by atoms with Gasteiger partial charge >= 0.3 is 0 Å². The maximum Gasteiger partial charge on any atom is 0.261 e. The highest BCUT2D eigenvalue weighted by Gasteiger charge is 2.47. The predicted molar refractivity (Wildman–Crippen MR) is 84.7 cm³/mol. The van der Waals surface area contributed by atoms with E-state index < -0.39 is 11.5 Å². The Labute approximate surface area is 133 Å². The van der Waals surface area contributed by atoms with Crippen molar-refractivity contribution in [2.24, 2.45) is 0 Å². The standard InChI is InChI=1S/C15H12BrNO3S/c1-8-2-5-13(21-8)12(18)7-15(20)10-6-9(16)3-4-11(10)17-14(15)19/h2-6,20H,7H2,1H3,(H,17,19)/t15-/m1/s1. The topological polar surface area (TPSA) is 66.4 Å². The van der Waals surface area contributed by atoms with Gasteiger partial charge in [-0.1, -0.05) is 15.9 Å². The Bertz CT molecular complexity index is 755. The maximum atomic E-state index is 12.3. The van der Waals surface area contributed by atoms with E-state index in [0.29, 0.717) is 16.1 Å². The number of hydrogen-bond acceptors (Lipinski definition) is 4. The number of fused-ring (bicyclic) bond motifs is 1. The molecular weight excluding hydrogens is 354 g/mol. The molecule has 2 N–H and O–H groups in total. The van der Waals surface area contributed by atoms with Gasteiger partial charge in [-0.15, -0.1) is 11.3 Å². The fourth-order valence-corrected chi connectivity index (χ4v) is 3.56. The second-order valence-electron chi connectivity index (χ2n) is 5.01. The first-order valence-corrected chi connectivity index (χ1v) is 7.94. The van der Waals surface area contributed by atoms with Gasteiger partial charge in [0.15, 0.2) is 11.4 Å². The zero-order chi connectivity index (χ0) is 15.2. The lowest BCUT2D eigenvalue weighted by Gasteiger charge is -2.19. The number of carbonyl (C=O) groups is 2. The van der Waals surface area contributed by atoms with Gasteiger partial charge in [0, 0.05) is 20.6 Å². The largest absolute Gasteiger partial charge is 0.375 e. The number of rotatable bonds is 3. The Hall–Kier alpha value is -1.50. The molecule has 6 heteroatoms. The van der Waals surface area contributed by atoms with Crippen LogP contribution in [0, 0.1) is 6.92 Å². The van der Waals surface area contributed by atoms with Gasteiger partial charge in [0.05, 0.1) is 11.3 Å². The number of aryl methyl sites for hydroxylation is 1. The number of hydrogen-bond donors (Lipinski definition) is 2. The minimum absolute atomic E-state index is 0.237. The zero-order valence-electron chi connectivity index (χ0n) is 11.1. The van der Waals surface area contributed by atoms with Gasteiger partial charge in [0.2, 0.25) is 0 Å². The van der Waals surface area contributed by atoms with Crippen LogP contribution < -0.4 is 5.32 Å². The lowest BCUT2D eigenvalue weighted by Crippen LogP contribution is -2.36. The van der Waals surface area contributed by atoms with Gasteiger partial charge in [0.1, 0.15) is 0 Å². The number of amides is 1. The van der Waals surface area contributed by atoms with E-state index in [1.165, 1.54) is 11.3 Å². The van der Waals surface area contributed by atoms with Crippen molar-refractivity contribution in [3.63, 3.8) is 0 Å². The lowest BCUT2D eigenvalue weighted by molar-refractivity contribution is -0.133. The van der Waals surface area contributed by atoms with Gasteiger partial charge in [-0.25, -0.2) is 0 Å². The van der Waals surface area contributed by atoms with E-state index >= 15 is 0 Å². The molecule has 3 rings (SSSR count). The van der Waals surface area contributed by atoms with Crippen LogP contribution in [0.1, 0.15) is 26.5 Å². The fourth-order valence-electron chi connectivity index (χ4n) is 2.40. The SMILES string of the molecule is Cc1ccc(C(=O)C[C@]2(O)C(=O)Nc3ccc(Br)cc32)s1. The van der Waals surface area contributed by atoms with Crippen molar-refractivity contribution < 1.29 is 14.7 Å². The Balaban J connectivity index is 1.96. The van der Waals surface area contributed by atoms with E-state index in [9.17, 15) is 14.7 Å². The van der Waals surface area contributed by atoms with Crippen LogP contribution >= 0.6 is 27.3 Å². The van der Waals surface area contributed by atoms with Crippen molar-refractivity contribution in [1.82, 2.24) is 0 Å². The summed E-state index contributed by atoms with van der Waals surface area (Å²) < 4.78 is 0.746. The molecule has 0 unspecified atom stereocenters. The number of anilines is 1. The molecule has 0 saturated heterocycles. The molecular formula is C15H12BrNO3S. The first-order valence-electron chi connectivity index (χ1n) is 6.33. The highest BCUT2D eigenvalue weighted by Crippen LogP contribution is 2.40. The maximum absolute atomic E-state index is 12.3. The fraction of sp³-hybridized carbons (Fsp3) is 0.200. The minimum Gasteiger partial charge on any atom is -0.375 e. The molecule has 1 aromatic carbocycles. The third kappa shape index (κ3) is 2.43. The van der Waals surface area contributed by atoms with Crippen LogP contribution in [0.2, 0.25) is 0 Å². The van der Waals surface area contributed by atoms with E-state index in [1.54, 1.807) is 24.3 Å². The molecule has 2 heterocycles. The van der Waals surface area contributed by atoms with E-state index in [-0.39, 0.29) is 12.2 Å². The molecule has 0 radical (unpaired) electrons. The Morgan fingerprint density at radius 1 is 1.38 bits per heavy atom. The van der Waals surface area contributed by atoms with Crippen molar-refractivity contribution in [3.05, 3.63) is 50.1 Å². The summed E-state index contributed by atoms with van der Waals surface area (Å²) in [5.41, 5.74) is -0.835. The van der Waals surface area contributed by atoms with Crippen molar-refractivity contribution >= 4 is 44.6 Å². The molecule has 0 fully saturated rings. The number of thiophene rings is 1. The monoisotopic (exact) mass is 365 g/mol. The Kier molecular flexibility index (Phi) is 3.47. The molecule has 21 heavy (non-hydrogen) atoms. The van der Waals surface area contributed by atoms with E-state index in [4.69, 9.17) is 0 Å². The molecule has 1 atom stereocenters. The van der Waals surface area contributed by atoms with E-state index in [0.717, 1.165) is 9.35 Å². The summed E-state index contributed by atoms with van der Waals surface area (Å²) >= 11 is 4.68. The van der Waals surface area contributed by atoms with Crippen LogP contribution in [0.4, 0.5) is 5.69 Å². The zero-order valence-corrected chi connectivity index (χ0v) is 13.5. The molecule has 1 aliphatic rings. The average molecular weight is 366 g/mol. The highest BCUT2D eigenvalue weighted by atomic mass is 79.9. The van der Waals surface area contributed by atoms with Crippen LogP contribution in [0.15, 0.2) is 34.8 Å². The van der Waals surface area contributed by atoms with Gasteiger partial charge in [0.25, 0.3) is 5.91 Å². The number of Topliss-reactive ketones (excluding diaryl/α,β-unsaturated/α-hetero) is 1. The Morgan fingerprint density at radius 2 is 2.14 bits per heavy atom. The van der Waals surface area contributed by atoms with Crippen molar-refractivity contribution in [2.75, 3.05) is 5.32 Å². The third-order valence-electron chi connectivity index (χ3n) is 3.48. The quantitative estimate of drug-likeness (QED) is 0.820. The van der Waals surface area contributed by atoms with Crippen molar-refractivity contribution in [2.45, 2.75) is 18.9 Å². The molecule has 0 saturated carbocycles. The molecule has 1 amide bonds. The normalized spacial score (nSPS) is 20.2. The summed E-state index contributed by atoms with van der Waals surface area (Å²) in [6.45, 7) is 1.91. The van der Waals surface area contributed by atoms with Gasteiger partial charge in [-0.2, -0.15) is 0 Å². The molecule has 108 valence electrons. The second-order valence-corrected chi connectivity index (χ2v) is 7.22. The number of carbonyl (C=O) groups excluding carboxylic acids is 2. The summed E-state index contributed by atoms with van der Waals surface area (Å²) in [5, 5.41) is 13.3. The first-order chi connectivity index (χ1) is 9.90. The van der Waals surface area contributed by atoms with Crippen molar-refractivity contribution in [3.8, 4) is 0 Å². The average Bonchev–Trinajstić information content (AvgIpc) is 2.95. The molecule has 1 aromatic heterocycles. The molecule has 2 aromatic rings. The molecule has 1 aliphatic heterocycles. The number of halogens is 1. The first kappa shape index (κ1) is 14.4. The van der Waals surface area contributed by atoms with Gasteiger partial charge < -0.3 is 10.4 Å². The summed E-state index contributed by atoms with van der Waals surface area (Å²) in [4.78, 5) is 26.0. The smallest absolute Gasteiger partial charge is 0.261 e. The number of ketones is 1. The van der Waals surface area contributed by atoms with Crippen LogP contribution in [-0.4, -0.2) is 16.8 Å². The number of nitrogens with one attached hydrogen (secondary N) is 1. The van der Waals surface area contributed by atoms with Gasteiger partial charge in [-0.3, -0.25) is 9.59 Å². The molecule has 4 nitrogen and oxygen atoms in total. The van der Waals surface area contributed by atoms with Crippen LogP contribution in [-0.2, 0) is 10.4 Å². The lowest BCUT2D eigenvalue weighted by atomic mass is 9.89.